The van der Waals surface area contributed by atoms with Gasteiger partial charge in [-0.1, -0.05) is 18.2 Å². The van der Waals surface area contributed by atoms with Gasteiger partial charge in [-0.25, -0.2) is 9.67 Å². The third-order valence-electron chi connectivity index (χ3n) is 4.63. The number of nitrogens with one attached hydrogen (secondary N) is 1. The van der Waals surface area contributed by atoms with E-state index in [1.54, 1.807) is 24.2 Å². The molecular weight excluding hydrogens is 344 g/mol. The summed E-state index contributed by atoms with van der Waals surface area (Å²) in [6, 6.07) is 11.2. The van der Waals surface area contributed by atoms with E-state index in [1.807, 2.05) is 43.3 Å². The van der Waals surface area contributed by atoms with E-state index in [0.29, 0.717) is 30.2 Å². The second kappa shape index (κ2) is 7.11. The van der Waals surface area contributed by atoms with Crippen LogP contribution in [0.5, 0.6) is 11.5 Å². The Morgan fingerprint density at radius 1 is 1.30 bits per heavy atom. The summed E-state index contributed by atoms with van der Waals surface area (Å²) in [4.78, 5) is 17.0. The predicted molar refractivity (Wildman–Crippen MR) is 99.5 cm³/mol. The maximum atomic E-state index is 12.7. The molecule has 4 rings (SSSR count). The Kier molecular flexibility index (Phi) is 4.50. The van der Waals surface area contributed by atoms with E-state index < -0.39 is 0 Å². The molecule has 138 valence electrons. The van der Waals surface area contributed by atoms with Crippen molar-refractivity contribution in [3.05, 3.63) is 65.6 Å². The fourth-order valence-corrected chi connectivity index (χ4v) is 3.25. The van der Waals surface area contributed by atoms with Crippen molar-refractivity contribution in [1.82, 2.24) is 20.1 Å². The third kappa shape index (κ3) is 3.23. The molecule has 7 nitrogen and oxygen atoms in total. The number of ether oxygens (including phenoxy) is 2. The van der Waals surface area contributed by atoms with Gasteiger partial charge in [0.2, 0.25) is 0 Å². The van der Waals surface area contributed by atoms with E-state index in [9.17, 15) is 4.79 Å². The average molecular weight is 364 g/mol. The summed E-state index contributed by atoms with van der Waals surface area (Å²) >= 11 is 0. The molecular formula is C20H20N4O3. The summed E-state index contributed by atoms with van der Waals surface area (Å²) < 4.78 is 12.8. The number of hydrogen-bond donors (Lipinski definition) is 1. The van der Waals surface area contributed by atoms with Crippen LogP contribution in [0.2, 0.25) is 0 Å². The molecule has 0 unspecified atom stereocenters. The third-order valence-corrected chi connectivity index (χ3v) is 4.63. The normalized spacial score (nSPS) is 15.6. The lowest BCUT2D eigenvalue weighted by Crippen LogP contribution is -2.42. The van der Waals surface area contributed by atoms with E-state index in [4.69, 9.17) is 9.47 Å². The van der Waals surface area contributed by atoms with Gasteiger partial charge in [0.05, 0.1) is 30.6 Å². The molecule has 1 aromatic carbocycles. The van der Waals surface area contributed by atoms with Crippen LogP contribution in [-0.2, 0) is 6.42 Å². The lowest BCUT2D eigenvalue weighted by molar-refractivity contribution is 0.0914. The van der Waals surface area contributed by atoms with Gasteiger partial charge < -0.3 is 14.8 Å². The largest absolute Gasteiger partial charge is 0.493 e. The van der Waals surface area contributed by atoms with Crippen LogP contribution in [-0.4, -0.2) is 40.4 Å². The number of carbonyl (C=O) groups excluding carboxylic acids is 1. The van der Waals surface area contributed by atoms with Crippen LogP contribution >= 0.6 is 0 Å². The molecule has 2 aromatic heterocycles. The Morgan fingerprint density at radius 2 is 2.19 bits per heavy atom. The van der Waals surface area contributed by atoms with Crippen molar-refractivity contribution in [2.45, 2.75) is 19.4 Å². The number of pyridine rings is 1. The first-order valence-electron chi connectivity index (χ1n) is 8.73. The highest BCUT2D eigenvalue weighted by atomic mass is 16.5. The van der Waals surface area contributed by atoms with E-state index in [2.05, 4.69) is 15.4 Å². The van der Waals surface area contributed by atoms with Crippen molar-refractivity contribution in [2.75, 3.05) is 13.7 Å². The second-order valence-electron chi connectivity index (χ2n) is 6.38. The van der Waals surface area contributed by atoms with Gasteiger partial charge in [-0.15, -0.1) is 0 Å². The number of benzene rings is 1. The van der Waals surface area contributed by atoms with Crippen LogP contribution in [0, 0.1) is 6.92 Å². The minimum absolute atomic E-state index is 0.116. The quantitative estimate of drug-likeness (QED) is 0.769. The predicted octanol–water partition coefficient (Wildman–Crippen LogP) is 2.32. The summed E-state index contributed by atoms with van der Waals surface area (Å²) in [7, 11) is 1.62. The minimum Gasteiger partial charge on any atom is -0.493 e. The molecule has 0 fully saturated rings. The molecule has 7 heteroatoms. The number of hydrogen-bond acceptors (Lipinski definition) is 5. The van der Waals surface area contributed by atoms with E-state index in [0.717, 1.165) is 17.0 Å². The molecule has 1 amide bonds. The zero-order valence-corrected chi connectivity index (χ0v) is 15.2. The first kappa shape index (κ1) is 17.1. The van der Waals surface area contributed by atoms with Crippen LogP contribution in [0.15, 0.2) is 48.8 Å². The van der Waals surface area contributed by atoms with Crippen LogP contribution in [0.1, 0.15) is 21.6 Å². The van der Waals surface area contributed by atoms with Gasteiger partial charge in [0.1, 0.15) is 6.61 Å². The Hall–Kier alpha value is -3.35. The van der Waals surface area contributed by atoms with Crippen molar-refractivity contribution >= 4 is 5.91 Å². The molecule has 0 aliphatic carbocycles. The number of aromatic nitrogens is 3. The molecule has 3 heterocycles. The summed E-state index contributed by atoms with van der Waals surface area (Å²) in [5, 5.41) is 7.34. The highest BCUT2D eigenvalue weighted by molar-refractivity contribution is 5.95. The molecule has 0 saturated carbocycles. The highest BCUT2D eigenvalue weighted by Gasteiger charge is 2.25. The fourth-order valence-electron chi connectivity index (χ4n) is 3.25. The van der Waals surface area contributed by atoms with E-state index in [1.165, 1.54) is 0 Å². The lowest BCUT2D eigenvalue weighted by Gasteiger charge is -2.27. The van der Waals surface area contributed by atoms with Crippen LogP contribution in [0.3, 0.4) is 0 Å². The number of methoxy groups -OCH3 is 1. The zero-order valence-electron chi connectivity index (χ0n) is 15.2. The molecule has 1 atom stereocenters. The number of para-hydroxylation sites is 1. The molecule has 0 spiro atoms. The van der Waals surface area contributed by atoms with Crippen LogP contribution in [0.25, 0.3) is 5.82 Å². The molecule has 0 saturated heterocycles. The maximum absolute atomic E-state index is 12.7. The Bertz CT molecular complexity index is 969. The SMILES string of the molecule is COc1cccc2c1OC[C@@H](NC(=O)c1cnn(-c3ccccn3)c1C)C2. The van der Waals surface area contributed by atoms with Gasteiger partial charge in [0, 0.05) is 11.8 Å². The highest BCUT2D eigenvalue weighted by Crippen LogP contribution is 2.34. The topological polar surface area (TPSA) is 78.3 Å². The monoisotopic (exact) mass is 364 g/mol. The summed E-state index contributed by atoms with van der Waals surface area (Å²) in [5.41, 5.74) is 2.29. The summed E-state index contributed by atoms with van der Waals surface area (Å²) in [6.45, 7) is 2.25. The molecule has 1 N–H and O–H groups in total. The van der Waals surface area contributed by atoms with Crippen molar-refractivity contribution < 1.29 is 14.3 Å². The number of carbonyl (C=O) groups is 1. The van der Waals surface area contributed by atoms with Crippen molar-refractivity contribution in [3.63, 3.8) is 0 Å². The first-order chi connectivity index (χ1) is 13.2. The number of fused-ring (bicyclic) bond motifs is 1. The van der Waals surface area contributed by atoms with Gasteiger partial charge in [0.25, 0.3) is 5.91 Å². The lowest BCUT2D eigenvalue weighted by atomic mass is 10.0. The number of amides is 1. The number of rotatable bonds is 4. The minimum atomic E-state index is -0.172. The molecule has 0 radical (unpaired) electrons. The van der Waals surface area contributed by atoms with Gasteiger partial charge in [0.15, 0.2) is 17.3 Å². The van der Waals surface area contributed by atoms with Crippen molar-refractivity contribution in [3.8, 4) is 17.3 Å². The molecule has 0 bridgehead atoms. The molecule has 1 aliphatic heterocycles. The van der Waals surface area contributed by atoms with Gasteiger partial charge >= 0.3 is 0 Å². The molecule has 27 heavy (non-hydrogen) atoms. The van der Waals surface area contributed by atoms with Crippen molar-refractivity contribution in [2.24, 2.45) is 0 Å². The maximum Gasteiger partial charge on any atom is 0.255 e. The first-order valence-corrected chi connectivity index (χ1v) is 8.73. The Labute approximate surface area is 156 Å². The van der Waals surface area contributed by atoms with Gasteiger partial charge in [-0.05, 0) is 31.5 Å². The number of nitrogens with zero attached hydrogens (tertiary/aromatic N) is 3. The van der Waals surface area contributed by atoms with E-state index >= 15 is 0 Å². The summed E-state index contributed by atoms with van der Waals surface area (Å²) in [6.07, 6.45) is 3.95. The summed E-state index contributed by atoms with van der Waals surface area (Å²) in [5.74, 6) is 1.97. The average Bonchev–Trinajstić information content (AvgIpc) is 3.09. The Morgan fingerprint density at radius 3 is 2.96 bits per heavy atom. The van der Waals surface area contributed by atoms with Gasteiger partial charge in [-0.2, -0.15) is 5.10 Å². The smallest absolute Gasteiger partial charge is 0.255 e. The van der Waals surface area contributed by atoms with E-state index in [-0.39, 0.29) is 11.9 Å². The standard InChI is InChI=1S/C20H20N4O3/c1-13-16(11-22-24(13)18-8-3-4-9-21-18)20(25)23-15-10-14-6-5-7-17(26-2)19(14)27-12-15/h3-9,11,15H,10,12H2,1-2H3,(H,23,25)/t15-/m0/s1. The van der Waals surface area contributed by atoms with Crippen molar-refractivity contribution in [1.29, 1.82) is 0 Å². The second-order valence-corrected chi connectivity index (χ2v) is 6.38. The van der Waals surface area contributed by atoms with Gasteiger partial charge in [-0.3, -0.25) is 4.79 Å². The fraction of sp³-hybridized carbons (Fsp3) is 0.250. The Balaban J connectivity index is 1.50. The zero-order chi connectivity index (χ0) is 18.8. The van der Waals surface area contributed by atoms with Crippen LogP contribution in [0.4, 0.5) is 0 Å². The molecule has 1 aliphatic rings. The molecule has 3 aromatic rings. The van der Waals surface area contributed by atoms with Crippen LogP contribution < -0.4 is 14.8 Å².